The molecule has 1 aromatic heterocycles. The number of nitrogens with one attached hydrogen (secondary N) is 3. The summed E-state index contributed by atoms with van der Waals surface area (Å²) < 4.78 is 4.84. The summed E-state index contributed by atoms with van der Waals surface area (Å²) >= 11 is 0. The van der Waals surface area contributed by atoms with E-state index in [0.717, 1.165) is 5.56 Å². The summed E-state index contributed by atoms with van der Waals surface area (Å²) in [6.45, 7) is 3.15. The predicted molar refractivity (Wildman–Crippen MR) is 106 cm³/mol. The number of carbonyl (C=O) groups excluding carboxylic acids is 2. The minimum atomic E-state index is -0.489. The molecule has 0 saturated carbocycles. The number of carbonyl (C=O) groups is 2. The predicted octanol–water partition coefficient (Wildman–Crippen LogP) is 3.46. The van der Waals surface area contributed by atoms with Crippen molar-refractivity contribution in [3.63, 3.8) is 0 Å². The number of nitrogens with two attached hydrogens (primary N) is 1. The standard InChI is InChI=1S/C18H21N5O3.3H2/c1-10(12-7-5-4-6-8-12)21-18(25)23-14-9-13(19)15(17(20)26-3)16(22-14)11(2)24;;;/h4-10,20H,1-3H3,(H4,19,21,22,23,25);3*1H/t10-;;;/m1.../s1. The van der Waals surface area contributed by atoms with E-state index in [2.05, 4.69) is 15.6 Å². The van der Waals surface area contributed by atoms with Crippen LogP contribution in [0.5, 0.6) is 0 Å². The van der Waals surface area contributed by atoms with Gasteiger partial charge in [-0.1, -0.05) is 30.3 Å². The normalized spacial score (nSPS) is 11.3. The molecule has 0 aliphatic heterocycles. The van der Waals surface area contributed by atoms with Crippen LogP contribution in [0.3, 0.4) is 0 Å². The van der Waals surface area contributed by atoms with Gasteiger partial charge >= 0.3 is 6.03 Å². The molecule has 5 N–H and O–H groups in total. The van der Waals surface area contributed by atoms with Gasteiger partial charge in [0.25, 0.3) is 0 Å². The van der Waals surface area contributed by atoms with Gasteiger partial charge in [0.1, 0.15) is 11.5 Å². The number of nitrogen functional groups attached to an aromatic ring is 1. The maximum Gasteiger partial charge on any atom is 0.320 e. The number of Topliss-reactive ketones (excluding diaryl/α,β-unsaturated/α-hetero) is 1. The molecule has 0 radical (unpaired) electrons. The van der Waals surface area contributed by atoms with E-state index in [1.54, 1.807) is 0 Å². The first-order chi connectivity index (χ1) is 12.3. The monoisotopic (exact) mass is 361 g/mol. The van der Waals surface area contributed by atoms with Gasteiger partial charge in [-0.3, -0.25) is 15.5 Å². The molecule has 1 aromatic carbocycles. The van der Waals surface area contributed by atoms with Gasteiger partial charge in [0, 0.05) is 17.3 Å². The average Bonchev–Trinajstić information content (AvgIpc) is 2.61. The lowest BCUT2D eigenvalue weighted by Gasteiger charge is -2.16. The zero-order valence-corrected chi connectivity index (χ0v) is 14.8. The molecular weight excluding hydrogens is 334 g/mol. The second-order valence-corrected chi connectivity index (χ2v) is 5.64. The maximum atomic E-state index is 12.2. The third-order valence-electron chi connectivity index (χ3n) is 3.70. The van der Waals surface area contributed by atoms with Crippen molar-refractivity contribution in [2.24, 2.45) is 0 Å². The van der Waals surface area contributed by atoms with E-state index in [1.807, 2.05) is 37.3 Å². The molecule has 2 aromatic rings. The van der Waals surface area contributed by atoms with Gasteiger partial charge < -0.3 is 15.8 Å². The number of ketones is 1. The topological polar surface area (TPSA) is 130 Å². The van der Waals surface area contributed by atoms with Crippen LogP contribution < -0.4 is 16.4 Å². The fourth-order valence-electron chi connectivity index (χ4n) is 2.40. The van der Waals surface area contributed by atoms with Gasteiger partial charge in [-0.25, -0.2) is 9.78 Å². The third kappa shape index (κ3) is 4.35. The van der Waals surface area contributed by atoms with Crippen LogP contribution >= 0.6 is 0 Å². The highest BCUT2D eigenvalue weighted by atomic mass is 16.5. The van der Waals surface area contributed by atoms with Gasteiger partial charge in [0.05, 0.1) is 24.4 Å². The molecule has 0 aliphatic carbocycles. The van der Waals surface area contributed by atoms with Crippen LogP contribution in [0.25, 0.3) is 0 Å². The van der Waals surface area contributed by atoms with Crippen LogP contribution in [0.1, 0.15) is 45.8 Å². The van der Waals surface area contributed by atoms with Crippen LogP contribution in [0, 0.1) is 5.41 Å². The second kappa shape index (κ2) is 8.11. The van der Waals surface area contributed by atoms with Crippen LogP contribution in [0.4, 0.5) is 16.3 Å². The summed E-state index contributed by atoms with van der Waals surface area (Å²) in [4.78, 5) is 28.1. The van der Waals surface area contributed by atoms with Gasteiger partial charge in [-0.05, 0) is 12.5 Å². The molecule has 26 heavy (non-hydrogen) atoms. The van der Waals surface area contributed by atoms with E-state index in [-0.39, 0.29) is 39.0 Å². The Labute approximate surface area is 155 Å². The minimum Gasteiger partial charge on any atom is -0.481 e. The van der Waals surface area contributed by atoms with E-state index in [9.17, 15) is 9.59 Å². The fraction of sp³-hybridized carbons (Fsp3) is 0.222. The van der Waals surface area contributed by atoms with Gasteiger partial charge in [0.15, 0.2) is 5.78 Å². The van der Waals surface area contributed by atoms with Crippen molar-refractivity contribution >= 4 is 29.2 Å². The van der Waals surface area contributed by atoms with Crippen molar-refractivity contribution in [2.75, 3.05) is 18.2 Å². The molecule has 1 atom stereocenters. The first-order valence-corrected chi connectivity index (χ1v) is 7.90. The number of methoxy groups -OCH3 is 1. The molecule has 0 aliphatic rings. The number of aromatic nitrogens is 1. The Morgan fingerprint density at radius 1 is 1.31 bits per heavy atom. The lowest BCUT2D eigenvalue weighted by Crippen LogP contribution is -2.31. The minimum absolute atomic E-state index is 0. The highest BCUT2D eigenvalue weighted by molar-refractivity contribution is 6.09. The molecule has 142 valence electrons. The number of pyridine rings is 1. The number of amides is 2. The number of hydrogen-bond donors (Lipinski definition) is 4. The zero-order valence-electron chi connectivity index (χ0n) is 14.8. The molecule has 0 fully saturated rings. The van der Waals surface area contributed by atoms with Crippen molar-refractivity contribution in [3.05, 3.63) is 53.2 Å². The highest BCUT2D eigenvalue weighted by Gasteiger charge is 2.20. The molecule has 0 spiro atoms. The average molecular weight is 361 g/mol. The molecule has 2 rings (SSSR count). The Balaban J connectivity index is 0. The van der Waals surface area contributed by atoms with Gasteiger partial charge in [-0.15, -0.1) is 0 Å². The molecule has 0 saturated heterocycles. The molecule has 8 nitrogen and oxygen atoms in total. The second-order valence-electron chi connectivity index (χ2n) is 5.64. The molecule has 8 heteroatoms. The number of rotatable bonds is 5. The van der Waals surface area contributed by atoms with E-state index in [4.69, 9.17) is 15.9 Å². The summed E-state index contributed by atoms with van der Waals surface area (Å²) in [7, 11) is 1.30. The van der Waals surface area contributed by atoms with Crippen molar-refractivity contribution in [1.29, 1.82) is 5.41 Å². The molecule has 2 amide bonds. The molecule has 0 bridgehead atoms. The number of nitrogens with zero attached hydrogens (tertiary/aromatic N) is 1. The summed E-state index contributed by atoms with van der Waals surface area (Å²) in [5.74, 6) is -0.553. The Hall–Kier alpha value is -3.42. The van der Waals surface area contributed by atoms with Gasteiger partial charge in [0.2, 0.25) is 5.90 Å². The van der Waals surface area contributed by atoms with Crippen molar-refractivity contribution in [3.8, 4) is 0 Å². The summed E-state index contributed by atoms with van der Waals surface area (Å²) in [5, 5.41) is 13.1. The Bertz CT molecular complexity index is 850. The number of hydrogen-bond acceptors (Lipinski definition) is 6. The smallest absolute Gasteiger partial charge is 0.320 e. The quantitative estimate of drug-likeness (QED) is 0.368. The Morgan fingerprint density at radius 2 is 1.96 bits per heavy atom. The van der Waals surface area contributed by atoms with E-state index < -0.39 is 11.8 Å². The fourth-order valence-corrected chi connectivity index (χ4v) is 2.40. The zero-order chi connectivity index (χ0) is 19.3. The first kappa shape index (κ1) is 18.9. The largest absolute Gasteiger partial charge is 0.481 e. The van der Waals surface area contributed by atoms with E-state index in [1.165, 1.54) is 20.1 Å². The highest BCUT2D eigenvalue weighted by Crippen LogP contribution is 2.21. The van der Waals surface area contributed by atoms with Crippen LogP contribution in [-0.4, -0.2) is 29.8 Å². The van der Waals surface area contributed by atoms with Crippen LogP contribution in [0.2, 0.25) is 0 Å². The number of ether oxygens (including phenoxy) is 1. The Kier molecular flexibility index (Phi) is 5.90. The summed E-state index contributed by atoms with van der Waals surface area (Å²) in [6, 6.07) is 10.1. The van der Waals surface area contributed by atoms with E-state index in [0.29, 0.717) is 0 Å². The number of urea groups is 1. The number of anilines is 2. The summed E-state index contributed by atoms with van der Waals surface area (Å²) in [6.07, 6.45) is 0. The molecular formula is C18H27N5O3. The SMILES string of the molecule is COC(=N)c1c(N)cc(NC(=O)N[C@H](C)c2ccccc2)nc1C(C)=O.[HH].[HH].[HH]. The van der Waals surface area contributed by atoms with Crippen LogP contribution in [0.15, 0.2) is 36.4 Å². The lowest BCUT2D eigenvalue weighted by atomic mass is 10.1. The molecule has 0 unspecified atom stereocenters. The van der Waals surface area contributed by atoms with Gasteiger partial charge in [-0.2, -0.15) is 0 Å². The van der Waals surface area contributed by atoms with Crippen molar-refractivity contribution < 1.29 is 18.6 Å². The van der Waals surface area contributed by atoms with E-state index >= 15 is 0 Å². The first-order valence-electron chi connectivity index (χ1n) is 7.90. The maximum absolute atomic E-state index is 12.2. The molecule has 1 heterocycles. The third-order valence-corrected chi connectivity index (χ3v) is 3.70. The Morgan fingerprint density at radius 3 is 2.54 bits per heavy atom. The van der Waals surface area contributed by atoms with Crippen molar-refractivity contribution in [1.82, 2.24) is 10.3 Å². The number of benzene rings is 1. The lowest BCUT2D eigenvalue weighted by molar-refractivity contribution is 0.101. The van der Waals surface area contributed by atoms with Crippen molar-refractivity contribution in [2.45, 2.75) is 19.9 Å². The summed E-state index contributed by atoms with van der Waals surface area (Å²) in [5.41, 5.74) is 7.04. The van der Waals surface area contributed by atoms with Crippen LogP contribution in [-0.2, 0) is 4.74 Å².